The molecule has 1 aliphatic carbocycles. The van der Waals surface area contributed by atoms with E-state index < -0.39 is 5.82 Å². The van der Waals surface area contributed by atoms with E-state index in [4.69, 9.17) is 10.5 Å². The van der Waals surface area contributed by atoms with E-state index >= 15 is 0 Å². The van der Waals surface area contributed by atoms with Crippen molar-refractivity contribution < 1.29 is 18.7 Å². The van der Waals surface area contributed by atoms with E-state index in [-0.39, 0.29) is 47.0 Å². The lowest BCUT2D eigenvalue weighted by Gasteiger charge is -2.27. The average Bonchev–Trinajstić information content (AvgIpc) is 3.39. The number of hydrogen-bond donors (Lipinski definition) is 2. The smallest absolute Gasteiger partial charge is 0.274 e. The molecule has 2 aromatic heterocycles. The van der Waals surface area contributed by atoms with Crippen LogP contribution in [0.2, 0.25) is 0 Å². The van der Waals surface area contributed by atoms with Crippen LogP contribution in [0.15, 0.2) is 54.6 Å². The van der Waals surface area contributed by atoms with E-state index in [0.29, 0.717) is 27.6 Å². The predicted molar refractivity (Wildman–Crippen MR) is 139 cm³/mol. The average molecular weight is 518 g/mol. The number of aromatic nitrogens is 2. The highest BCUT2D eigenvalue weighted by Gasteiger charge is 2.54. The van der Waals surface area contributed by atoms with Gasteiger partial charge in [-0.2, -0.15) is 0 Å². The standard InChI is InChI=1S/C27H24FN5O3S/c1-36-22-12-20(31-19-8-3-2-7-18(19)22)25(34)30-13-17-10-15-11-21(15)33(17)26(35)23-24(37-27(29)32-23)14-5-4-6-16(28)9-14/h2-9,12,15,17,21H,10-11,13H2,1H3,(H2,29,32)(H,30,34)/t15-,17+,21+/m1/s1. The number of rotatable bonds is 6. The lowest BCUT2D eigenvalue weighted by Crippen LogP contribution is -2.45. The molecule has 2 aromatic carbocycles. The highest BCUT2D eigenvalue weighted by atomic mass is 32.1. The van der Waals surface area contributed by atoms with Gasteiger partial charge in [-0.3, -0.25) is 9.59 Å². The monoisotopic (exact) mass is 517 g/mol. The Bertz CT molecular complexity index is 1540. The molecule has 3 heterocycles. The van der Waals surface area contributed by atoms with E-state index in [9.17, 15) is 14.0 Å². The molecule has 2 fully saturated rings. The van der Waals surface area contributed by atoms with Crippen LogP contribution in [0.4, 0.5) is 9.52 Å². The molecule has 6 rings (SSSR count). The number of ether oxygens (including phenoxy) is 1. The van der Waals surface area contributed by atoms with Crippen molar-refractivity contribution in [1.82, 2.24) is 20.2 Å². The highest BCUT2D eigenvalue weighted by molar-refractivity contribution is 7.19. The Morgan fingerprint density at radius 1 is 1.16 bits per heavy atom. The molecule has 1 saturated carbocycles. The summed E-state index contributed by atoms with van der Waals surface area (Å²) in [7, 11) is 1.56. The molecule has 0 spiro atoms. The number of para-hydroxylation sites is 1. The molecule has 2 amide bonds. The summed E-state index contributed by atoms with van der Waals surface area (Å²) < 4.78 is 19.3. The Balaban J connectivity index is 1.22. The zero-order valence-corrected chi connectivity index (χ0v) is 20.8. The highest BCUT2D eigenvalue weighted by Crippen LogP contribution is 2.49. The molecule has 0 unspecified atom stereocenters. The Morgan fingerprint density at radius 3 is 2.81 bits per heavy atom. The maximum atomic E-state index is 13.9. The maximum absolute atomic E-state index is 13.9. The van der Waals surface area contributed by atoms with Gasteiger partial charge in [-0.1, -0.05) is 35.6 Å². The molecule has 1 saturated heterocycles. The van der Waals surface area contributed by atoms with E-state index in [0.717, 1.165) is 29.6 Å². The Labute approximate surface area is 216 Å². The minimum absolute atomic E-state index is 0.108. The Kier molecular flexibility index (Phi) is 5.75. The van der Waals surface area contributed by atoms with Crippen LogP contribution < -0.4 is 15.8 Å². The van der Waals surface area contributed by atoms with Crippen molar-refractivity contribution in [3.63, 3.8) is 0 Å². The molecule has 0 bridgehead atoms. The van der Waals surface area contributed by atoms with Gasteiger partial charge < -0.3 is 20.7 Å². The van der Waals surface area contributed by atoms with Crippen LogP contribution in [0, 0.1) is 11.7 Å². The second-order valence-electron chi connectivity index (χ2n) is 9.34. The van der Waals surface area contributed by atoms with Crippen LogP contribution >= 0.6 is 11.3 Å². The number of benzene rings is 2. The summed E-state index contributed by atoms with van der Waals surface area (Å²) in [6.07, 6.45) is 1.72. The number of halogens is 1. The largest absolute Gasteiger partial charge is 0.496 e. The number of methoxy groups -OCH3 is 1. The number of nitrogens with one attached hydrogen (secondary N) is 1. The minimum Gasteiger partial charge on any atom is -0.496 e. The number of nitrogens with two attached hydrogens (primary N) is 1. The van der Waals surface area contributed by atoms with Crippen molar-refractivity contribution in [3.8, 4) is 16.2 Å². The molecule has 4 aromatic rings. The molecule has 37 heavy (non-hydrogen) atoms. The quantitative estimate of drug-likeness (QED) is 0.398. The molecule has 3 N–H and O–H groups in total. The molecule has 10 heteroatoms. The first-order valence-electron chi connectivity index (χ1n) is 12.0. The molecular formula is C27H24FN5O3S. The fraction of sp³-hybridized carbons (Fsp3) is 0.259. The van der Waals surface area contributed by atoms with Crippen molar-refractivity contribution in [2.45, 2.75) is 24.9 Å². The van der Waals surface area contributed by atoms with E-state index in [1.54, 1.807) is 25.3 Å². The Morgan fingerprint density at radius 2 is 2.00 bits per heavy atom. The van der Waals surface area contributed by atoms with Crippen LogP contribution in [0.25, 0.3) is 21.3 Å². The van der Waals surface area contributed by atoms with Gasteiger partial charge in [0.1, 0.15) is 23.0 Å². The van der Waals surface area contributed by atoms with Crippen molar-refractivity contribution >= 4 is 39.2 Å². The lowest BCUT2D eigenvalue weighted by molar-refractivity contribution is 0.0684. The number of likely N-dealkylation sites (tertiary alicyclic amines) is 1. The van der Waals surface area contributed by atoms with Gasteiger partial charge in [-0.15, -0.1) is 0 Å². The first-order valence-corrected chi connectivity index (χ1v) is 12.8. The summed E-state index contributed by atoms with van der Waals surface area (Å²) in [5, 5.41) is 4.02. The van der Waals surface area contributed by atoms with Crippen LogP contribution in [0.1, 0.15) is 33.8 Å². The molecular weight excluding hydrogens is 493 g/mol. The summed E-state index contributed by atoms with van der Waals surface area (Å²) in [6.45, 7) is 0.281. The van der Waals surface area contributed by atoms with Gasteiger partial charge in [0.25, 0.3) is 11.8 Å². The van der Waals surface area contributed by atoms with Crippen LogP contribution in [-0.2, 0) is 0 Å². The van der Waals surface area contributed by atoms with E-state index in [2.05, 4.69) is 15.3 Å². The van der Waals surface area contributed by atoms with Crippen LogP contribution in [-0.4, -0.2) is 52.4 Å². The molecule has 8 nitrogen and oxygen atoms in total. The second kappa shape index (κ2) is 9.11. The van der Waals surface area contributed by atoms with Gasteiger partial charge >= 0.3 is 0 Å². The third-order valence-electron chi connectivity index (χ3n) is 7.01. The molecule has 2 aliphatic rings. The fourth-order valence-electron chi connectivity index (χ4n) is 5.22. The van der Waals surface area contributed by atoms with Crippen molar-refractivity contribution in [2.24, 2.45) is 5.92 Å². The summed E-state index contributed by atoms with van der Waals surface area (Å²) in [4.78, 5) is 37.9. The Hall–Kier alpha value is -4.05. The number of carbonyl (C=O) groups excluding carboxylic acids is 2. The van der Waals surface area contributed by atoms with Gasteiger partial charge in [0, 0.05) is 24.0 Å². The normalized spacial score (nSPS) is 20.1. The van der Waals surface area contributed by atoms with Crippen LogP contribution in [0.5, 0.6) is 5.75 Å². The van der Waals surface area contributed by atoms with E-state index in [1.165, 1.54) is 12.1 Å². The third-order valence-corrected chi connectivity index (χ3v) is 7.94. The zero-order valence-electron chi connectivity index (χ0n) is 20.0. The van der Waals surface area contributed by atoms with Crippen molar-refractivity contribution in [3.05, 3.63) is 71.8 Å². The topological polar surface area (TPSA) is 110 Å². The van der Waals surface area contributed by atoms with Crippen LogP contribution in [0.3, 0.4) is 0 Å². The number of amides is 2. The SMILES string of the molecule is COc1cc(C(=O)NC[C@@H]2C[C@@H]3C[C@@H]3N2C(=O)c2nc(N)sc2-c2cccc(F)c2)nc2ccccc12. The van der Waals surface area contributed by atoms with Gasteiger partial charge in [0.15, 0.2) is 5.13 Å². The third kappa shape index (κ3) is 4.27. The molecule has 1 aliphatic heterocycles. The van der Waals surface area contributed by atoms with Crippen molar-refractivity contribution in [1.29, 1.82) is 0 Å². The summed E-state index contributed by atoms with van der Waals surface area (Å²) in [5.41, 5.74) is 7.66. The minimum atomic E-state index is -0.397. The zero-order chi connectivity index (χ0) is 25.7. The number of piperidine rings is 1. The molecule has 0 radical (unpaired) electrons. The summed E-state index contributed by atoms with van der Waals surface area (Å²) in [6, 6.07) is 15.1. The summed E-state index contributed by atoms with van der Waals surface area (Å²) in [5.74, 6) is -0.0119. The predicted octanol–water partition coefficient (Wildman–Crippen LogP) is 4.12. The first kappa shape index (κ1) is 23.4. The second-order valence-corrected chi connectivity index (χ2v) is 10.4. The summed E-state index contributed by atoms with van der Waals surface area (Å²) >= 11 is 1.16. The lowest BCUT2D eigenvalue weighted by atomic mass is 10.1. The number of fused-ring (bicyclic) bond motifs is 2. The molecule has 188 valence electrons. The maximum Gasteiger partial charge on any atom is 0.274 e. The van der Waals surface area contributed by atoms with Gasteiger partial charge in [0.2, 0.25) is 0 Å². The van der Waals surface area contributed by atoms with E-state index in [1.807, 2.05) is 29.2 Å². The number of anilines is 1. The van der Waals surface area contributed by atoms with Gasteiger partial charge in [0.05, 0.1) is 23.5 Å². The van der Waals surface area contributed by atoms with Crippen molar-refractivity contribution in [2.75, 3.05) is 19.4 Å². The number of pyridine rings is 1. The number of nitrogens with zero attached hydrogens (tertiary/aromatic N) is 3. The van der Waals surface area contributed by atoms with Gasteiger partial charge in [-0.05, 0) is 48.6 Å². The number of thiazole rings is 1. The first-order chi connectivity index (χ1) is 17.9. The van der Waals surface area contributed by atoms with Gasteiger partial charge in [-0.25, -0.2) is 14.4 Å². The molecule has 3 atom stereocenters. The number of nitrogen functional groups attached to an aromatic ring is 1. The number of hydrogen-bond acceptors (Lipinski definition) is 7. The number of carbonyl (C=O) groups is 2. The fourth-order valence-corrected chi connectivity index (χ4v) is 6.04.